The number of carbonyl (C=O) groups excluding carboxylic acids is 3. The van der Waals surface area contributed by atoms with Crippen molar-refractivity contribution in [2.24, 2.45) is 0 Å². The highest BCUT2D eigenvalue weighted by atomic mass is 16.5. The van der Waals surface area contributed by atoms with Crippen LogP contribution in [0, 0.1) is 0 Å². The number of benzene rings is 2. The number of aldehydes is 1. The maximum absolute atomic E-state index is 12.1. The Morgan fingerprint density at radius 2 is 2.07 bits per heavy atom. The summed E-state index contributed by atoms with van der Waals surface area (Å²) < 4.78 is 16.1. The maximum atomic E-state index is 12.1. The van der Waals surface area contributed by atoms with Crippen molar-refractivity contribution in [2.75, 3.05) is 24.4 Å². The normalized spacial score (nSPS) is 15.0. The molecule has 27 heavy (non-hydrogen) atoms. The Morgan fingerprint density at radius 3 is 2.81 bits per heavy atom. The first kappa shape index (κ1) is 18.2. The van der Waals surface area contributed by atoms with Gasteiger partial charge in [0.25, 0.3) is 11.8 Å². The van der Waals surface area contributed by atoms with Gasteiger partial charge in [0.05, 0.1) is 12.8 Å². The lowest BCUT2D eigenvalue weighted by molar-refractivity contribution is -0.122. The van der Waals surface area contributed by atoms with Crippen LogP contribution in [-0.4, -0.2) is 37.9 Å². The summed E-state index contributed by atoms with van der Waals surface area (Å²) in [5.41, 5.74) is 1.42. The second-order valence-corrected chi connectivity index (χ2v) is 5.83. The lowest BCUT2D eigenvalue weighted by atomic mass is 10.2. The quantitative estimate of drug-likeness (QED) is 0.756. The Bertz CT molecular complexity index is 896. The number of carbonyl (C=O) groups is 3. The van der Waals surface area contributed by atoms with Gasteiger partial charge in [0.15, 0.2) is 24.2 Å². The lowest BCUT2D eigenvalue weighted by Crippen LogP contribution is -2.34. The third-order valence-electron chi connectivity index (χ3n) is 3.88. The molecule has 1 aliphatic heterocycles. The molecule has 3 rings (SSSR count). The molecule has 8 heteroatoms. The smallest absolute Gasteiger partial charge is 0.265 e. The van der Waals surface area contributed by atoms with Crippen molar-refractivity contribution >= 4 is 29.5 Å². The van der Waals surface area contributed by atoms with Gasteiger partial charge in [-0.2, -0.15) is 0 Å². The van der Waals surface area contributed by atoms with E-state index in [1.165, 1.54) is 13.2 Å². The second kappa shape index (κ2) is 7.77. The molecule has 1 atom stereocenters. The van der Waals surface area contributed by atoms with Crippen LogP contribution in [0.5, 0.6) is 17.2 Å². The van der Waals surface area contributed by atoms with E-state index in [2.05, 4.69) is 10.6 Å². The molecule has 0 aromatic heterocycles. The molecule has 2 amide bonds. The first-order valence-electron chi connectivity index (χ1n) is 8.17. The molecule has 2 aromatic rings. The first-order valence-corrected chi connectivity index (χ1v) is 8.17. The van der Waals surface area contributed by atoms with E-state index >= 15 is 0 Å². The van der Waals surface area contributed by atoms with Crippen molar-refractivity contribution in [1.29, 1.82) is 0 Å². The molecule has 0 aliphatic carbocycles. The van der Waals surface area contributed by atoms with Gasteiger partial charge in [-0.25, -0.2) is 0 Å². The summed E-state index contributed by atoms with van der Waals surface area (Å²) >= 11 is 0. The summed E-state index contributed by atoms with van der Waals surface area (Å²) in [5, 5.41) is 5.40. The van der Waals surface area contributed by atoms with Gasteiger partial charge in [0.1, 0.15) is 12.0 Å². The van der Waals surface area contributed by atoms with E-state index in [0.29, 0.717) is 40.5 Å². The van der Waals surface area contributed by atoms with Crippen LogP contribution >= 0.6 is 0 Å². The Kier molecular flexibility index (Phi) is 5.25. The van der Waals surface area contributed by atoms with Crippen LogP contribution in [0.25, 0.3) is 0 Å². The fourth-order valence-corrected chi connectivity index (χ4v) is 2.50. The van der Waals surface area contributed by atoms with Gasteiger partial charge in [0.2, 0.25) is 0 Å². The van der Waals surface area contributed by atoms with E-state index in [0.717, 1.165) is 0 Å². The largest absolute Gasteiger partial charge is 0.493 e. The highest BCUT2D eigenvalue weighted by Crippen LogP contribution is 2.32. The summed E-state index contributed by atoms with van der Waals surface area (Å²) in [6, 6.07) is 9.59. The number of nitrogens with one attached hydrogen (secondary N) is 2. The van der Waals surface area contributed by atoms with Gasteiger partial charge < -0.3 is 24.8 Å². The minimum absolute atomic E-state index is 0.250. The average molecular weight is 370 g/mol. The molecule has 0 saturated heterocycles. The Balaban J connectivity index is 1.63. The molecule has 0 saturated carbocycles. The third-order valence-corrected chi connectivity index (χ3v) is 3.88. The maximum Gasteiger partial charge on any atom is 0.265 e. The third kappa shape index (κ3) is 4.17. The lowest BCUT2D eigenvalue weighted by Gasteiger charge is -2.23. The molecule has 8 nitrogen and oxygen atoms in total. The van der Waals surface area contributed by atoms with Crippen molar-refractivity contribution in [3.05, 3.63) is 42.0 Å². The number of fused-ring (bicyclic) bond motifs is 1. The summed E-state index contributed by atoms with van der Waals surface area (Å²) in [6.07, 6.45) is 0.130. The van der Waals surface area contributed by atoms with Gasteiger partial charge in [-0.05, 0) is 43.3 Å². The molecule has 0 spiro atoms. The second-order valence-electron chi connectivity index (χ2n) is 5.83. The topological polar surface area (TPSA) is 103 Å². The van der Waals surface area contributed by atoms with Crippen LogP contribution in [0.3, 0.4) is 0 Å². The van der Waals surface area contributed by atoms with E-state index in [9.17, 15) is 14.4 Å². The molecule has 1 aliphatic rings. The summed E-state index contributed by atoms with van der Waals surface area (Å²) in [7, 11) is 1.45. The molecule has 0 unspecified atom stereocenters. The van der Waals surface area contributed by atoms with Gasteiger partial charge in [-0.15, -0.1) is 0 Å². The average Bonchev–Trinajstić information content (AvgIpc) is 2.67. The number of rotatable bonds is 6. The highest BCUT2D eigenvalue weighted by Gasteiger charge is 2.23. The molecule has 2 aromatic carbocycles. The molecule has 1 heterocycles. The van der Waals surface area contributed by atoms with Crippen molar-refractivity contribution in [3.63, 3.8) is 0 Å². The standard InChI is InChI=1S/C19H18N2O6/c1-11-19(24)21-14-8-13(4-6-15(14)27-11)20-18(23)10-26-16-5-3-12(9-22)7-17(16)25-2/h3-9,11H,10H2,1-2H3,(H,20,23)(H,21,24)/t11-/m1/s1. The number of hydrogen-bond acceptors (Lipinski definition) is 6. The zero-order valence-electron chi connectivity index (χ0n) is 14.8. The Hall–Kier alpha value is -3.55. The Morgan fingerprint density at radius 1 is 1.26 bits per heavy atom. The molecule has 0 fully saturated rings. The fourth-order valence-electron chi connectivity index (χ4n) is 2.50. The van der Waals surface area contributed by atoms with E-state index < -0.39 is 12.0 Å². The van der Waals surface area contributed by atoms with Crippen LogP contribution in [0.1, 0.15) is 17.3 Å². The molecular weight excluding hydrogens is 352 g/mol. The fraction of sp³-hybridized carbons (Fsp3) is 0.211. The first-order chi connectivity index (χ1) is 13.0. The predicted octanol–water partition coefficient (Wildman–Crippen LogP) is 2.24. The number of methoxy groups -OCH3 is 1. The van der Waals surface area contributed by atoms with Crippen LogP contribution in [0.2, 0.25) is 0 Å². The summed E-state index contributed by atoms with van der Waals surface area (Å²) in [4.78, 5) is 34.6. The van der Waals surface area contributed by atoms with Crippen LogP contribution < -0.4 is 24.8 Å². The van der Waals surface area contributed by atoms with E-state index in [1.807, 2.05) is 0 Å². The van der Waals surface area contributed by atoms with Gasteiger partial charge in [-0.3, -0.25) is 14.4 Å². The SMILES string of the molecule is COc1cc(C=O)ccc1OCC(=O)Nc1ccc2c(c1)NC(=O)[C@@H](C)O2. The molecule has 0 bridgehead atoms. The molecular formula is C19H18N2O6. The van der Waals surface area contributed by atoms with Gasteiger partial charge in [0, 0.05) is 11.3 Å². The zero-order chi connectivity index (χ0) is 19.4. The Labute approximate surface area is 155 Å². The number of hydrogen-bond donors (Lipinski definition) is 2. The molecule has 0 radical (unpaired) electrons. The van der Waals surface area contributed by atoms with Crippen molar-refractivity contribution in [2.45, 2.75) is 13.0 Å². The minimum Gasteiger partial charge on any atom is -0.493 e. The van der Waals surface area contributed by atoms with Crippen molar-refractivity contribution in [1.82, 2.24) is 0 Å². The zero-order valence-corrected chi connectivity index (χ0v) is 14.8. The van der Waals surface area contributed by atoms with Crippen LogP contribution in [0.4, 0.5) is 11.4 Å². The summed E-state index contributed by atoms with van der Waals surface area (Å²) in [5.74, 6) is 0.595. The number of anilines is 2. The van der Waals surface area contributed by atoms with E-state index in [4.69, 9.17) is 14.2 Å². The molecule has 140 valence electrons. The van der Waals surface area contributed by atoms with Crippen LogP contribution in [-0.2, 0) is 9.59 Å². The van der Waals surface area contributed by atoms with E-state index in [1.54, 1.807) is 37.3 Å². The molecule has 2 N–H and O–H groups in total. The predicted molar refractivity (Wildman–Crippen MR) is 97.7 cm³/mol. The van der Waals surface area contributed by atoms with Crippen LogP contribution in [0.15, 0.2) is 36.4 Å². The monoisotopic (exact) mass is 370 g/mol. The number of ether oxygens (including phenoxy) is 3. The number of amides is 2. The minimum atomic E-state index is -0.563. The van der Waals surface area contributed by atoms with E-state index in [-0.39, 0.29) is 12.5 Å². The highest BCUT2D eigenvalue weighted by molar-refractivity contribution is 5.99. The summed E-state index contributed by atoms with van der Waals surface area (Å²) in [6.45, 7) is 1.40. The van der Waals surface area contributed by atoms with Gasteiger partial charge in [-0.1, -0.05) is 0 Å². The van der Waals surface area contributed by atoms with Gasteiger partial charge >= 0.3 is 0 Å². The van der Waals surface area contributed by atoms with Crippen molar-refractivity contribution in [3.8, 4) is 17.2 Å². The van der Waals surface area contributed by atoms with Crippen molar-refractivity contribution < 1.29 is 28.6 Å².